The summed E-state index contributed by atoms with van der Waals surface area (Å²) in [5.41, 5.74) is 1.48. The first kappa shape index (κ1) is 15.4. The van der Waals surface area contributed by atoms with E-state index in [1.165, 1.54) is 0 Å². The minimum absolute atomic E-state index is 0.0259. The molecule has 1 fully saturated rings. The Morgan fingerprint density at radius 2 is 1.88 bits per heavy atom. The fourth-order valence-electron chi connectivity index (χ4n) is 3.62. The van der Waals surface area contributed by atoms with Crippen LogP contribution in [0, 0.1) is 0 Å². The van der Waals surface area contributed by atoms with Gasteiger partial charge in [0.25, 0.3) is 5.91 Å². The van der Waals surface area contributed by atoms with Gasteiger partial charge in [-0.2, -0.15) is 0 Å². The number of carbonyl (C=O) groups is 2. The van der Waals surface area contributed by atoms with Crippen LogP contribution in [0.2, 0.25) is 0 Å². The third-order valence-electron chi connectivity index (χ3n) is 4.76. The fraction of sp³-hybridized carbons (Fsp3) is 0.263. The third kappa shape index (κ3) is 2.44. The SMILES string of the molecule is O=C1OC2(CCCN(C(=O)c3ccc(Br)cc3)C2)c2ccccc21. The second kappa shape index (κ2) is 5.74. The van der Waals surface area contributed by atoms with Gasteiger partial charge in [0, 0.05) is 22.1 Å². The summed E-state index contributed by atoms with van der Waals surface area (Å²) in [5.74, 6) is -0.314. The van der Waals surface area contributed by atoms with Crippen LogP contribution < -0.4 is 0 Å². The first-order valence-electron chi connectivity index (χ1n) is 7.97. The molecule has 4 nitrogen and oxygen atoms in total. The van der Waals surface area contributed by atoms with Crippen molar-refractivity contribution in [1.82, 2.24) is 4.90 Å². The molecule has 5 heteroatoms. The first-order chi connectivity index (χ1) is 11.6. The molecule has 2 aromatic carbocycles. The van der Waals surface area contributed by atoms with Crippen LogP contribution in [-0.2, 0) is 10.3 Å². The molecule has 2 heterocycles. The van der Waals surface area contributed by atoms with Crippen LogP contribution in [0.3, 0.4) is 0 Å². The van der Waals surface area contributed by atoms with Crippen LogP contribution >= 0.6 is 15.9 Å². The van der Waals surface area contributed by atoms with E-state index in [2.05, 4.69) is 15.9 Å². The average Bonchev–Trinajstić information content (AvgIpc) is 2.87. The van der Waals surface area contributed by atoms with Gasteiger partial charge in [-0.3, -0.25) is 4.79 Å². The van der Waals surface area contributed by atoms with Gasteiger partial charge in [0.2, 0.25) is 0 Å². The number of halogens is 1. The maximum absolute atomic E-state index is 12.8. The third-order valence-corrected chi connectivity index (χ3v) is 5.29. The molecule has 2 aliphatic heterocycles. The minimum Gasteiger partial charge on any atom is -0.449 e. The maximum atomic E-state index is 12.8. The fourth-order valence-corrected chi connectivity index (χ4v) is 3.88. The standard InChI is InChI=1S/C19H16BrNO3/c20-14-8-6-13(7-9-14)17(22)21-11-3-10-19(12-21)16-5-2-1-4-15(16)18(23)24-19/h1-2,4-9H,3,10-12H2. The number of piperidine rings is 1. The van der Waals surface area contributed by atoms with Gasteiger partial charge in [0.1, 0.15) is 0 Å². The van der Waals surface area contributed by atoms with Crippen LogP contribution in [0.5, 0.6) is 0 Å². The van der Waals surface area contributed by atoms with E-state index in [9.17, 15) is 9.59 Å². The number of hydrogen-bond acceptors (Lipinski definition) is 3. The van der Waals surface area contributed by atoms with E-state index in [4.69, 9.17) is 4.74 Å². The molecular weight excluding hydrogens is 370 g/mol. The zero-order valence-electron chi connectivity index (χ0n) is 13.0. The lowest BCUT2D eigenvalue weighted by Gasteiger charge is -2.39. The Hall–Kier alpha value is -2.14. The summed E-state index contributed by atoms with van der Waals surface area (Å²) in [6.07, 6.45) is 1.56. The summed E-state index contributed by atoms with van der Waals surface area (Å²) in [5, 5.41) is 0. The lowest BCUT2D eigenvalue weighted by molar-refractivity contribution is -0.0442. The van der Waals surface area contributed by atoms with Gasteiger partial charge in [-0.25, -0.2) is 4.79 Å². The van der Waals surface area contributed by atoms with E-state index < -0.39 is 5.60 Å². The number of hydrogen-bond donors (Lipinski definition) is 0. The molecule has 0 bridgehead atoms. The van der Waals surface area contributed by atoms with Crippen molar-refractivity contribution in [1.29, 1.82) is 0 Å². The van der Waals surface area contributed by atoms with E-state index in [1.807, 2.05) is 42.5 Å². The van der Waals surface area contributed by atoms with Gasteiger partial charge in [-0.15, -0.1) is 0 Å². The molecule has 24 heavy (non-hydrogen) atoms. The average molecular weight is 386 g/mol. The molecule has 0 radical (unpaired) electrons. The Morgan fingerprint density at radius 3 is 2.67 bits per heavy atom. The Kier molecular flexibility index (Phi) is 3.68. The number of nitrogens with zero attached hydrogens (tertiary/aromatic N) is 1. The number of benzene rings is 2. The molecule has 1 saturated heterocycles. The van der Waals surface area contributed by atoms with Gasteiger partial charge < -0.3 is 9.64 Å². The monoisotopic (exact) mass is 385 g/mol. The molecule has 1 amide bonds. The molecule has 2 aromatic rings. The van der Waals surface area contributed by atoms with Crippen molar-refractivity contribution in [3.05, 3.63) is 69.7 Å². The topological polar surface area (TPSA) is 46.6 Å². The van der Waals surface area contributed by atoms with E-state index in [0.717, 1.165) is 22.9 Å². The largest absolute Gasteiger partial charge is 0.449 e. The first-order valence-corrected chi connectivity index (χ1v) is 8.76. The van der Waals surface area contributed by atoms with Gasteiger partial charge in [-0.1, -0.05) is 34.1 Å². The molecule has 1 spiro atoms. The smallest absolute Gasteiger partial charge is 0.339 e. The Morgan fingerprint density at radius 1 is 1.12 bits per heavy atom. The number of rotatable bonds is 1. The normalized spacial score (nSPS) is 22.4. The molecule has 0 N–H and O–H groups in total. The highest BCUT2D eigenvalue weighted by Crippen LogP contribution is 2.42. The zero-order valence-corrected chi connectivity index (χ0v) is 14.6. The van der Waals surface area contributed by atoms with Crippen molar-refractivity contribution >= 4 is 27.8 Å². The Balaban J connectivity index is 1.64. The minimum atomic E-state index is -0.697. The van der Waals surface area contributed by atoms with Crippen LogP contribution in [0.4, 0.5) is 0 Å². The van der Waals surface area contributed by atoms with Gasteiger partial charge in [-0.05, 0) is 43.2 Å². The molecule has 1 unspecified atom stereocenters. The maximum Gasteiger partial charge on any atom is 0.339 e. The van der Waals surface area contributed by atoms with Crippen molar-refractivity contribution in [2.45, 2.75) is 18.4 Å². The summed E-state index contributed by atoms with van der Waals surface area (Å²) in [7, 11) is 0. The lowest BCUT2D eigenvalue weighted by atomic mass is 9.85. The highest BCUT2D eigenvalue weighted by molar-refractivity contribution is 9.10. The molecule has 1 atom stereocenters. The van der Waals surface area contributed by atoms with E-state index >= 15 is 0 Å². The second-order valence-corrected chi connectivity index (χ2v) is 7.18. The highest BCUT2D eigenvalue weighted by atomic mass is 79.9. The Bertz CT molecular complexity index is 818. The van der Waals surface area contributed by atoms with Crippen LogP contribution in [0.25, 0.3) is 0 Å². The lowest BCUT2D eigenvalue weighted by Crippen LogP contribution is -2.48. The van der Waals surface area contributed by atoms with Crippen LogP contribution in [0.15, 0.2) is 53.0 Å². The molecule has 0 aromatic heterocycles. The van der Waals surface area contributed by atoms with Crippen molar-refractivity contribution in [2.75, 3.05) is 13.1 Å². The van der Waals surface area contributed by atoms with E-state index in [0.29, 0.717) is 24.2 Å². The number of carbonyl (C=O) groups excluding carboxylic acids is 2. The van der Waals surface area contributed by atoms with Crippen molar-refractivity contribution in [3.63, 3.8) is 0 Å². The second-order valence-electron chi connectivity index (χ2n) is 6.27. The quantitative estimate of drug-likeness (QED) is 0.702. The molecular formula is C19H16BrNO3. The predicted molar refractivity (Wildman–Crippen MR) is 92.8 cm³/mol. The number of esters is 1. The van der Waals surface area contributed by atoms with Gasteiger partial charge >= 0.3 is 5.97 Å². The summed E-state index contributed by atoms with van der Waals surface area (Å²) >= 11 is 3.38. The zero-order chi connectivity index (χ0) is 16.7. The molecule has 2 aliphatic rings. The predicted octanol–water partition coefficient (Wildman–Crippen LogP) is 3.75. The summed E-state index contributed by atoms with van der Waals surface area (Å²) in [6, 6.07) is 14.8. The molecule has 0 aliphatic carbocycles. The number of likely N-dealkylation sites (tertiary alicyclic amines) is 1. The number of ether oxygens (including phenoxy) is 1. The molecule has 4 rings (SSSR count). The summed E-state index contributed by atoms with van der Waals surface area (Å²) < 4.78 is 6.69. The molecule has 0 saturated carbocycles. The van der Waals surface area contributed by atoms with Crippen LogP contribution in [0.1, 0.15) is 39.1 Å². The van der Waals surface area contributed by atoms with Crippen molar-refractivity contribution in [3.8, 4) is 0 Å². The Labute approximate surface area is 148 Å². The summed E-state index contributed by atoms with van der Waals surface area (Å²) in [6.45, 7) is 1.08. The van der Waals surface area contributed by atoms with E-state index in [-0.39, 0.29) is 11.9 Å². The summed E-state index contributed by atoms with van der Waals surface area (Å²) in [4.78, 5) is 26.8. The number of amides is 1. The number of fused-ring (bicyclic) bond motifs is 2. The van der Waals surface area contributed by atoms with E-state index in [1.54, 1.807) is 11.0 Å². The highest BCUT2D eigenvalue weighted by Gasteiger charge is 2.48. The van der Waals surface area contributed by atoms with Gasteiger partial charge in [0.05, 0.1) is 12.1 Å². The van der Waals surface area contributed by atoms with Crippen LogP contribution in [-0.4, -0.2) is 29.9 Å². The van der Waals surface area contributed by atoms with Crippen molar-refractivity contribution in [2.24, 2.45) is 0 Å². The van der Waals surface area contributed by atoms with Crippen molar-refractivity contribution < 1.29 is 14.3 Å². The molecule has 122 valence electrons. The van der Waals surface area contributed by atoms with Gasteiger partial charge in [0.15, 0.2) is 5.60 Å².